The Morgan fingerprint density at radius 2 is 2.19 bits per heavy atom. The zero-order valence-corrected chi connectivity index (χ0v) is 10.5. The largest absolute Gasteiger partial charge is 0.325 e. The maximum atomic E-state index is 12.9. The molecule has 0 radical (unpaired) electrons. The first-order valence-corrected chi connectivity index (χ1v) is 5.57. The molecular weight excluding hydrogens is 273 g/mol. The number of aryl methyl sites for hydroxylation is 2. The lowest BCUT2D eigenvalue weighted by molar-refractivity contribution is 0.627. The van der Waals surface area contributed by atoms with Gasteiger partial charge in [0.15, 0.2) is 0 Å². The number of nitrogens with zero attached hydrogens (tertiary/aromatic N) is 2. The van der Waals surface area contributed by atoms with Gasteiger partial charge >= 0.3 is 0 Å². The van der Waals surface area contributed by atoms with E-state index in [2.05, 4.69) is 26.2 Å². The molecule has 5 heteroatoms. The number of aromatic nitrogens is 2. The van der Waals surface area contributed by atoms with Crippen molar-refractivity contribution in [2.45, 2.75) is 6.92 Å². The van der Waals surface area contributed by atoms with Crippen LogP contribution in [0.5, 0.6) is 0 Å². The van der Waals surface area contributed by atoms with Crippen molar-refractivity contribution in [1.29, 1.82) is 0 Å². The van der Waals surface area contributed by atoms with Gasteiger partial charge in [0.1, 0.15) is 5.82 Å². The summed E-state index contributed by atoms with van der Waals surface area (Å²) < 4.78 is 15.4. The minimum absolute atomic E-state index is 0.270. The third kappa shape index (κ3) is 2.24. The summed E-state index contributed by atoms with van der Waals surface area (Å²) in [7, 11) is 1.90. The van der Waals surface area contributed by atoms with Gasteiger partial charge < -0.3 is 9.88 Å². The molecule has 1 aromatic carbocycles. The summed E-state index contributed by atoms with van der Waals surface area (Å²) in [6.45, 7) is 1.92. The van der Waals surface area contributed by atoms with E-state index in [4.69, 9.17) is 0 Å². The number of anilines is 2. The van der Waals surface area contributed by atoms with Gasteiger partial charge in [-0.15, -0.1) is 0 Å². The third-order valence-corrected chi connectivity index (χ3v) is 2.83. The van der Waals surface area contributed by atoms with Crippen LogP contribution in [0.2, 0.25) is 0 Å². The predicted octanol–water partition coefficient (Wildman–Crippen LogP) is 3.37. The minimum atomic E-state index is -0.270. The van der Waals surface area contributed by atoms with E-state index in [9.17, 15) is 4.39 Å². The normalized spacial score (nSPS) is 10.5. The van der Waals surface area contributed by atoms with Gasteiger partial charge in [0.05, 0.1) is 11.4 Å². The second-order valence-corrected chi connectivity index (χ2v) is 4.42. The molecule has 0 aliphatic carbocycles. The SMILES string of the molecule is Cc1cn(C)c(Nc2ccc(F)cc2Br)n1. The summed E-state index contributed by atoms with van der Waals surface area (Å²) >= 11 is 3.30. The van der Waals surface area contributed by atoms with Gasteiger partial charge in [0, 0.05) is 17.7 Å². The fraction of sp³-hybridized carbons (Fsp3) is 0.182. The molecule has 0 unspecified atom stereocenters. The molecular formula is C11H11BrFN3. The van der Waals surface area contributed by atoms with Gasteiger partial charge in [0.25, 0.3) is 0 Å². The molecule has 0 fully saturated rings. The summed E-state index contributed by atoms with van der Waals surface area (Å²) in [4.78, 5) is 4.31. The first kappa shape index (κ1) is 11.1. The van der Waals surface area contributed by atoms with Crippen molar-refractivity contribution < 1.29 is 4.39 Å². The first-order chi connectivity index (χ1) is 7.56. The van der Waals surface area contributed by atoms with Crippen LogP contribution in [-0.2, 0) is 7.05 Å². The summed E-state index contributed by atoms with van der Waals surface area (Å²) in [5, 5.41) is 3.13. The van der Waals surface area contributed by atoms with E-state index in [1.165, 1.54) is 12.1 Å². The van der Waals surface area contributed by atoms with Crippen molar-refractivity contribution in [3.8, 4) is 0 Å². The maximum absolute atomic E-state index is 12.9. The average Bonchev–Trinajstić information content (AvgIpc) is 2.50. The highest BCUT2D eigenvalue weighted by molar-refractivity contribution is 9.10. The van der Waals surface area contributed by atoms with Crippen molar-refractivity contribution in [2.24, 2.45) is 7.05 Å². The summed E-state index contributed by atoms with van der Waals surface area (Å²) in [5.41, 5.74) is 1.72. The fourth-order valence-electron chi connectivity index (χ4n) is 1.44. The summed E-state index contributed by atoms with van der Waals surface area (Å²) in [6, 6.07) is 4.49. The van der Waals surface area contributed by atoms with Gasteiger partial charge in [-0.1, -0.05) is 0 Å². The second kappa shape index (κ2) is 4.25. The standard InChI is InChI=1S/C11H11BrFN3/c1-7-6-16(2)11(14-7)15-10-4-3-8(13)5-9(10)12/h3-6H,1-2H3,(H,14,15). The number of halogens is 2. The van der Waals surface area contributed by atoms with Gasteiger partial charge in [-0.25, -0.2) is 9.37 Å². The van der Waals surface area contributed by atoms with E-state index >= 15 is 0 Å². The van der Waals surface area contributed by atoms with E-state index in [1.54, 1.807) is 6.07 Å². The Bertz CT molecular complexity index is 522. The van der Waals surface area contributed by atoms with Crippen molar-refractivity contribution in [3.05, 3.63) is 40.4 Å². The molecule has 16 heavy (non-hydrogen) atoms. The molecule has 3 nitrogen and oxygen atoms in total. The number of nitrogens with one attached hydrogen (secondary N) is 1. The van der Waals surface area contributed by atoms with E-state index in [0.717, 1.165) is 17.3 Å². The quantitative estimate of drug-likeness (QED) is 0.916. The Morgan fingerprint density at radius 3 is 2.75 bits per heavy atom. The van der Waals surface area contributed by atoms with Crippen LogP contribution in [0.3, 0.4) is 0 Å². The highest BCUT2D eigenvalue weighted by atomic mass is 79.9. The highest BCUT2D eigenvalue weighted by Gasteiger charge is 2.06. The molecule has 0 saturated heterocycles. The number of benzene rings is 1. The molecule has 0 bridgehead atoms. The molecule has 0 aliphatic heterocycles. The number of hydrogen-bond acceptors (Lipinski definition) is 2. The topological polar surface area (TPSA) is 29.9 Å². The van der Waals surface area contributed by atoms with Crippen LogP contribution >= 0.6 is 15.9 Å². The van der Waals surface area contributed by atoms with Crippen LogP contribution in [-0.4, -0.2) is 9.55 Å². The van der Waals surface area contributed by atoms with E-state index in [1.807, 2.05) is 24.7 Å². The predicted molar refractivity (Wildman–Crippen MR) is 65.3 cm³/mol. The smallest absolute Gasteiger partial charge is 0.207 e. The van der Waals surface area contributed by atoms with Crippen LogP contribution in [0.15, 0.2) is 28.9 Å². The van der Waals surface area contributed by atoms with Crippen molar-refractivity contribution in [2.75, 3.05) is 5.32 Å². The lowest BCUT2D eigenvalue weighted by atomic mass is 10.3. The van der Waals surface area contributed by atoms with Crippen LogP contribution < -0.4 is 5.32 Å². The first-order valence-electron chi connectivity index (χ1n) is 4.78. The lowest BCUT2D eigenvalue weighted by Crippen LogP contribution is -1.99. The number of imidazole rings is 1. The van der Waals surface area contributed by atoms with Crippen LogP contribution in [0.1, 0.15) is 5.69 Å². The summed E-state index contributed by atoms with van der Waals surface area (Å²) in [5.74, 6) is 0.457. The van der Waals surface area contributed by atoms with Gasteiger partial charge in [-0.2, -0.15) is 0 Å². The molecule has 0 amide bonds. The van der Waals surface area contributed by atoms with Crippen molar-refractivity contribution >= 4 is 27.6 Å². The van der Waals surface area contributed by atoms with Crippen LogP contribution in [0.4, 0.5) is 16.0 Å². The monoisotopic (exact) mass is 283 g/mol. The van der Waals surface area contributed by atoms with E-state index in [-0.39, 0.29) is 5.82 Å². The molecule has 1 aromatic heterocycles. The van der Waals surface area contributed by atoms with Gasteiger partial charge in [-0.05, 0) is 41.1 Å². The summed E-state index contributed by atoms with van der Waals surface area (Å²) in [6.07, 6.45) is 1.92. The highest BCUT2D eigenvalue weighted by Crippen LogP contribution is 2.25. The Morgan fingerprint density at radius 1 is 1.44 bits per heavy atom. The zero-order valence-electron chi connectivity index (χ0n) is 8.96. The molecule has 2 rings (SSSR count). The molecule has 1 N–H and O–H groups in total. The van der Waals surface area contributed by atoms with Crippen molar-refractivity contribution in [1.82, 2.24) is 9.55 Å². The molecule has 84 valence electrons. The van der Waals surface area contributed by atoms with Gasteiger partial charge in [0.2, 0.25) is 5.95 Å². The van der Waals surface area contributed by atoms with E-state index < -0.39 is 0 Å². The zero-order chi connectivity index (χ0) is 11.7. The molecule has 0 saturated carbocycles. The average molecular weight is 284 g/mol. The Balaban J connectivity index is 2.30. The van der Waals surface area contributed by atoms with Crippen LogP contribution in [0.25, 0.3) is 0 Å². The number of rotatable bonds is 2. The second-order valence-electron chi connectivity index (χ2n) is 3.57. The van der Waals surface area contributed by atoms with E-state index in [0.29, 0.717) is 4.47 Å². The molecule has 0 aliphatic rings. The van der Waals surface area contributed by atoms with Crippen molar-refractivity contribution in [3.63, 3.8) is 0 Å². The minimum Gasteiger partial charge on any atom is -0.325 e. The molecule has 0 atom stereocenters. The molecule has 2 aromatic rings. The number of hydrogen-bond donors (Lipinski definition) is 1. The Hall–Kier alpha value is -1.36. The third-order valence-electron chi connectivity index (χ3n) is 2.17. The van der Waals surface area contributed by atoms with Crippen LogP contribution in [0, 0.1) is 12.7 Å². The molecule has 1 heterocycles. The molecule has 0 spiro atoms. The fourth-order valence-corrected chi connectivity index (χ4v) is 1.89. The Labute approximate surface area is 101 Å². The lowest BCUT2D eigenvalue weighted by Gasteiger charge is -2.07. The maximum Gasteiger partial charge on any atom is 0.207 e. The van der Waals surface area contributed by atoms with Gasteiger partial charge in [-0.3, -0.25) is 0 Å². The Kier molecular flexibility index (Phi) is 2.96.